The molecule has 2 aromatic carbocycles. The monoisotopic (exact) mass is 372 g/mol. The molecule has 0 saturated heterocycles. The molecular formula is C18H16N2O5S. The van der Waals surface area contributed by atoms with Crippen LogP contribution in [0.2, 0.25) is 0 Å². The summed E-state index contributed by atoms with van der Waals surface area (Å²) in [4.78, 5) is 14.6. The first kappa shape index (κ1) is 17.8. The predicted molar refractivity (Wildman–Crippen MR) is 96.9 cm³/mol. The van der Waals surface area contributed by atoms with Gasteiger partial charge in [0.05, 0.1) is 4.92 Å². The third kappa shape index (κ3) is 3.23. The summed E-state index contributed by atoms with van der Waals surface area (Å²) in [6.07, 6.45) is 0. The summed E-state index contributed by atoms with van der Waals surface area (Å²) in [6, 6.07) is 10.9. The molecule has 3 rings (SSSR count). The van der Waals surface area contributed by atoms with Crippen LogP contribution in [-0.4, -0.2) is 18.3 Å². The second-order valence-electron chi connectivity index (χ2n) is 5.96. The van der Waals surface area contributed by atoms with Crippen molar-refractivity contribution >= 4 is 26.7 Å². The first-order valence-corrected chi connectivity index (χ1v) is 9.16. The summed E-state index contributed by atoms with van der Waals surface area (Å²) in [5.74, 6) is 0.0785. The fourth-order valence-corrected chi connectivity index (χ4v) is 3.88. The quantitative estimate of drug-likeness (QED) is 0.392. The van der Waals surface area contributed by atoms with Crippen LogP contribution in [0.1, 0.15) is 16.8 Å². The molecule has 134 valence electrons. The Hall–Kier alpha value is -3.00. The van der Waals surface area contributed by atoms with Crippen molar-refractivity contribution in [2.45, 2.75) is 25.7 Å². The van der Waals surface area contributed by atoms with E-state index in [2.05, 4.69) is 4.98 Å². The van der Waals surface area contributed by atoms with Crippen LogP contribution in [-0.2, 0) is 10.1 Å². The Morgan fingerprint density at radius 3 is 2.50 bits per heavy atom. The van der Waals surface area contributed by atoms with E-state index in [1.807, 2.05) is 12.1 Å². The molecule has 0 atom stereocenters. The number of para-hydroxylation sites is 1. The van der Waals surface area contributed by atoms with Crippen LogP contribution in [0.3, 0.4) is 0 Å². The Morgan fingerprint density at radius 1 is 1.08 bits per heavy atom. The number of nitro groups is 1. The van der Waals surface area contributed by atoms with Crippen molar-refractivity contribution in [3.8, 4) is 5.75 Å². The van der Waals surface area contributed by atoms with Gasteiger partial charge in [-0.25, -0.2) is 4.98 Å². The lowest BCUT2D eigenvalue weighted by atomic mass is 10.1. The van der Waals surface area contributed by atoms with E-state index in [1.165, 1.54) is 12.1 Å². The molecule has 0 fully saturated rings. The van der Waals surface area contributed by atoms with E-state index in [1.54, 1.807) is 32.9 Å². The average molecular weight is 372 g/mol. The number of nitrogens with zero attached hydrogens (tertiary/aromatic N) is 2. The van der Waals surface area contributed by atoms with Crippen LogP contribution in [0.15, 0.2) is 47.4 Å². The number of hydrogen-bond acceptors (Lipinski definition) is 6. The number of hydrogen-bond donors (Lipinski definition) is 0. The highest BCUT2D eigenvalue weighted by Gasteiger charge is 2.25. The average Bonchev–Trinajstić information content (AvgIpc) is 2.57. The molecular weight excluding hydrogens is 356 g/mol. The minimum Gasteiger partial charge on any atom is -0.377 e. The SMILES string of the molecule is Cc1ccc2cccc(OS(=O)(=O)c3cc([N+](=O)[O-])cc(C)c3C)c2n1. The lowest BCUT2D eigenvalue weighted by Gasteiger charge is -2.12. The van der Waals surface area contributed by atoms with Crippen LogP contribution in [0.5, 0.6) is 5.75 Å². The maximum Gasteiger partial charge on any atom is 0.339 e. The zero-order valence-corrected chi connectivity index (χ0v) is 15.2. The number of pyridine rings is 1. The van der Waals surface area contributed by atoms with Crippen LogP contribution in [0.4, 0.5) is 5.69 Å². The van der Waals surface area contributed by atoms with E-state index in [9.17, 15) is 18.5 Å². The number of aromatic nitrogens is 1. The topological polar surface area (TPSA) is 99.4 Å². The van der Waals surface area contributed by atoms with Gasteiger partial charge in [-0.2, -0.15) is 8.42 Å². The van der Waals surface area contributed by atoms with E-state index in [0.29, 0.717) is 22.3 Å². The van der Waals surface area contributed by atoms with Gasteiger partial charge in [0.15, 0.2) is 5.75 Å². The molecule has 0 aliphatic carbocycles. The Kier molecular flexibility index (Phi) is 4.37. The number of aryl methyl sites for hydroxylation is 2. The molecule has 1 aromatic heterocycles. The van der Waals surface area contributed by atoms with Gasteiger partial charge >= 0.3 is 10.1 Å². The van der Waals surface area contributed by atoms with Crippen molar-refractivity contribution in [1.82, 2.24) is 4.98 Å². The maximum atomic E-state index is 12.8. The van der Waals surface area contributed by atoms with E-state index >= 15 is 0 Å². The predicted octanol–water partition coefficient (Wildman–Crippen LogP) is 3.84. The summed E-state index contributed by atoms with van der Waals surface area (Å²) in [6.45, 7) is 4.99. The third-order valence-electron chi connectivity index (χ3n) is 4.11. The minimum atomic E-state index is -4.27. The Bertz CT molecular complexity index is 1140. The summed E-state index contributed by atoms with van der Waals surface area (Å²) in [5.41, 5.74) is 1.72. The third-order valence-corrected chi connectivity index (χ3v) is 5.47. The van der Waals surface area contributed by atoms with Gasteiger partial charge in [0.1, 0.15) is 10.4 Å². The Balaban J connectivity index is 2.14. The number of benzene rings is 2. The van der Waals surface area contributed by atoms with Crippen molar-refractivity contribution < 1.29 is 17.5 Å². The van der Waals surface area contributed by atoms with Gasteiger partial charge in [-0.15, -0.1) is 0 Å². The molecule has 1 heterocycles. The number of non-ortho nitro benzene ring substituents is 1. The number of nitro benzene ring substituents is 1. The van der Waals surface area contributed by atoms with Crippen LogP contribution in [0, 0.1) is 30.9 Å². The second-order valence-corrected chi connectivity index (χ2v) is 7.48. The summed E-state index contributed by atoms with van der Waals surface area (Å²) < 4.78 is 30.9. The van der Waals surface area contributed by atoms with Crippen molar-refractivity contribution in [1.29, 1.82) is 0 Å². The molecule has 0 aliphatic heterocycles. The summed E-state index contributed by atoms with van der Waals surface area (Å²) in [7, 11) is -4.27. The lowest BCUT2D eigenvalue weighted by molar-refractivity contribution is -0.385. The highest BCUT2D eigenvalue weighted by atomic mass is 32.2. The fourth-order valence-electron chi connectivity index (χ4n) is 2.62. The molecule has 26 heavy (non-hydrogen) atoms. The van der Waals surface area contributed by atoms with Crippen molar-refractivity contribution in [3.63, 3.8) is 0 Å². The Labute approximate surface area is 150 Å². The summed E-state index contributed by atoms with van der Waals surface area (Å²) >= 11 is 0. The van der Waals surface area contributed by atoms with Gasteiger partial charge in [-0.05, 0) is 44.0 Å². The fraction of sp³-hybridized carbons (Fsp3) is 0.167. The normalized spacial score (nSPS) is 11.5. The lowest BCUT2D eigenvalue weighted by Crippen LogP contribution is -2.13. The highest BCUT2D eigenvalue weighted by Crippen LogP contribution is 2.30. The van der Waals surface area contributed by atoms with E-state index < -0.39 is 15.0 Å². The van der Waals surface area contributed by atoms with Crippen molar-refractivity contribution in [2.24, 2.45) is 0 Å². The van der Waals surface area contributed by atoms with Crippen molar-refractivity contribution in [3.05, 3.63) is 69.4 Å². The van der Waals surface area contributed by atoms with E-state index in [0.717, 1.165) is 11.5 Å². The molecule has 0 aliphatic rings. The van der Waals surface area contributed by atoms with Crippen LogP contribution >= 0.6 is 0 Å². The molecule has 7 nitrogen and oxygen atoms in total. The van der Waals surface area contributed by atoms with Gasteiger partial charge in [0.2, 0.25) is 0 Å². The zero-order valence-electron chi connectivity index (χ0n) is 14.4. The molecule has 0 unspecified atom stereocenters. The molecule has 8 heteroatoms. The second kappa shape index (κ2) is 6.38. The molecule has 0 amide bonds. The van der Waals surface area contributed by atoms with Gasteiger partial charge in [0.25, 0.3) is 5.69 Å². The number of fused-ring (bicyclic) bond motifs is 1. The van der Waals surface area contributed by atoms with Crippen LogP contribution < -0.4 is 4.18 Å². The van der Waals surface area contributed by atoms with Crippen molar-refractivity contribution in [2.75, 3.05) is 0 Å². The van der Waals surface area contributed by atoms with Crippen LogP contribution in [0.25, 0.3) is 10.9 Å². The first-order chi connectivity index (χ1) is 12.2. The molecule has 0 radical (unpaired) electrons. The molecule has 0 saturated carbocycles. The van der Waals surface area contributed by atoms with E-state index in [4.69, 9.17) is 4.18 Å². The molecule has 0 N–H and O–H groups in total. The molecule has 3 aromatic rings. The van der Waals surface area contributed by atoms with Gasteiger partial charge < -0.3 is 4.18 Å². The van der Waals surface area contributed by atoms with Gasteiger partial charge in [0, 0.05) is 23.2 Å². The maximum absolute atomic E-state index is 12.8. The largest absolute Gasteiger partial charge is 0.377 e. The minimum absolute atomic E-state index is 0.0785. The van der Waals surface area contributed by atoms with Gasteiger partial charge in [-0.1, -0.05) is 18.2 Å². The first-order valence-electron chi connectivity index (χ1n) is 7.75. The smallest absolute Gasteiger partial charge is 0.339 e. The van der Waals surface area contributed by atoms with E-state index in [-0.39, 0.29) is 16.3 Å². The standard InChI is InChI=1S/C18H16N2O5S/c1-11-9-15(20(21)22)10-17(13(11)3)26(23,24)25-16-6-4-5-14-8-7-12(2)19-18(14)16/h4-10H,1-3H3. The Morgan fingerprint density at radius 2 is 1.81 bits per heavy atom. The highest BCUT2D eigenvalue weighted by molar-refractivity contribution is 7.87. The van der Waals surface area contributed by atoms with Gasteiger partial charge in [-0.3, -0.25) is 10.1 Å². The molecule has 0 spiro atoms. The summed E-state index contributed by atoms with van der Waals surface area (Å²) in [5, 5.41) is 11.8. The molecule has 0 bridgehead atoms. The number of rotatable bonds is 4. The zero-order chi connectivity index (χ0) is 19.1.